The van der Waals surface area contributed by atoms with E-state index in [1.807, 2.05) is 0 Å². The molecule has 4 heteroatoms. The average molecular weight is 157 g/mol. The van der Waals surface area contributed by atoms with Gasteiger partial charge >= 0.3 is 0 Å². The molecule has 4 nitrogen and oxygen atoms in total. The Bertz CT molecular complexity index is 175. The van der Waals surface area contributed by atoms with Gasteiger partial charge in [-0.3, -0.25) is 9.63 Å². The van der Waals surface area contributed by atoms with Gasteiger partial charge in [-0.2, -0.15) is 0 Å². The normalized spacial score (nSPS) is 21.0. The molecule has 62 valence electrons. The zero-order valence-corrected chi connectivity index (χ0v) is 6.42. The molecule has 1 amide bonds. The molecule has 1 N–H and O–H groups in total. The summed E-state index contributed by atoms with van der Waals surface area (Å²) < 4.78 is 4.85. The zero-order valence-electron chi connectivity index (χ0n) is 6.42. The standard InChI is InChI=1S/C7H11NO3/c1-5(2)7(9)8-11-4-6-3-10-6/h6H,1,3-4H2,2H3,(H,8,9). The van der Waals surface area contributed by atoms with Gasteiger partial charge in [-0.05, 0) is 6.92 Å². The van der Waals surface area contributed by atoms with Crippen LogP contribution in [0, 0.1) is 0 Å². The topological polar surface area (TPSA) is 50.9 Å². The molecule has 0 radical (unpaired) electrons. The molecule has 1 fully saturated rings. The van der Waals surface area contributed by atoms with Crippen LogP contribution in [0.15, 0.2) is 12.2 Å². The van der Waals surface area contributed by atoms with Gasteiger partial charge in [0, 0.05) is 5.57 Å². The van der Waals surface area contributed by atoms with Crippen LogP contribution in [0.25, 0.3) is 0 Å². The lowest BCUT2D eigenvalue weighted by molar-refractivity contribution is -0.129. The fourth-order valence-corrected chi connectivity index (χ4v) is 0.452. The number of nitrogens with one attached hydrogen (secondary N) is 1. The molecule has 0 saturated carbocycles. The van der Waals surface area contributed by atoms with E-state index >= 15 is 0 Å². The second-order valence-corrected chi connectivity index (χ2v) is 2.48. The highest BCUT2D eigenvalue weighted by molar-refractivity contribution is 5.91. The van der Waals surface area contributed by atoms with E-state index in [4.69, 9.17) is 9.57 Å². The number of hydroxylamine groups is 1. The molecule has 0 aromatic rings. The van der Waals surface area contributed by atoms with E-state index in [2.05, 4.69) is 12.1 Å². The Hall–Kier alpha value is -0.870. The Balaban J connectivity index is 2.01. The number of epoxide rings is 1. The van der Waals surface area contributed by atoms with Gasteiger partial charge in [0.1, 0.15) is 12.7 Å². The summed E-state index contributed by atoms with van der Waals surface area (Å²) in [6.45, 7) is 6.20. The van der Waals surface area contributed by atoms with Crippen LogP contribution in [0.1, 0.15) is 6.92 Å². The van der Waals surface area contributed by atoms with Gasteiger partial charge in [-0.1, -0.05) is 6.58 Å². The maximum absolute atomic E-state index is 10.8. The van der Waals surface area contributed by atoms with E-state index < -0.39 is 0 Å². The Morgan fingerprint density at radius 3 is 3.00 bits per heavy atom. The smallest absolute Gasteiger partial charge is 0.269 e. The molecule has 1 rings (SSSR count). The van der Waals surface area contributed by atoms with Gasteiger partial charge in [0.05, 0.1) is 6.61 Å². The summed E-state index contributed by atoms with van der Waals surface area (Å²) in [5, 5.41) is 0. The minimum absolute atomic E-state index is 0.167. The van der Waals surface area contributed by atoms with Crippen LogP contribution < -0.4 is 5.48 Å². The predicted molar refractivity (Wildman–Crippen MR) is 38.6 cm³/mol. The monoisotopic (exact) mass is 157 g/mol. The van der Waals surface area contributed by atoms with Crippen molar-refractivity contribution in [3.63, 3.8) is 0 Å². The number of carbonyl (C=O) groups is 1. The molecule has 1 unspecified atom stereocenters. The van der Waals surface area contributed by atoms with E-state index in [9.17, 15) is 4.79 Å². The first-order valence-electron chi connectivity index (χ1n) is 3.39. The highest BCUT2D eigenvalue weighted by Gasteiger charge is 2.22. The lowest BCUT2D eigenvalue weighted by Gasteiger charge is -2.02. The quantitative estimate of drug-likeness (QED) is 0.355. The molecular weight excluding hydrogens is 146 g/mol. The minimum atomic E-state index is -0.286. The number of amides is 1. The summed E-state index contributed by atoms with van der Waals surface area (Å²) in [6, 6.07) is 0. The third-order valence-electron chi connectivity index (χ3n) is 1.22. The average Bonchev–Trinajstić information content (AvgIpc) is 2.71. The van der Waals surface area contributed by atoms with E-state index in [1.54, 1.807) is 6.92 Å². The Labute approximate surface area is 65.1 Å². The Kier molecular flexibility index (Phi) is 2.62. The third-order valence-corrected chi connectivity index (χ3v) is 1.22. The van der Waals surface area contributed by atoms with Gasteiger partial charge in [0.2, 0.25) is 0 Å². The first-order chi connectivity index (χ1) is 5.20. The van der Waals surface area contributed by atoms with Gasteiger partial charge in [-0.25, -0.2) is 5.48 Å². The van der Waals surface area contributed by atoms with E-state index in [0.717, 1.165) is 6.61 Å². The van der Waals surface area contributed by atoms with Crippen molar-refractivity contribution >= 4 is 5.91 Å². The van der Waals surface area contributed by atoms with Crippen molar-refractivity contribution in [2.24, 2.45) is 0 Å². The molecule has 0 aliphatic carbocycles. The SMILES string of the molecule is C=C(C)C(=O)NOCC1CO1. The summed E-state index contributed by atoms with van der Waals surface area (Å²) >= 11 is 0. The number of hydrogen-bond acceptors (Lipinski definition) is 3. The molecule has 0 aromatic heterocycles. The third kappa shape index (κ3) is 3.15. The van der Waals surface area contributed by atoms with Gasteiger partial charge in [0.15, 0.2) is 0 Å². The molecule has 1 atom stereocenters. The zero-order chi connectivity index (χ0) is 8.27. The Morgan fingerprint density at radius 1 is 1.91 bits per heavy atom. The molecule has 1 saturated heterocycles. The van der Waals surface area contributed by atoms with Crippen LogP contribution in [0.5, 0.6) is 0 Å². The molecular formula is C7H11NO3. The van der Waals surface area contributed by atoms with Crippen molar-refractivity contribution < 1.29 is 14.4 Å². The van der Waals surface area contributed by atoms with E-state index in [-0.39, 0.29) is 12.0 Å². The molecule has 1 aliphatic rings. The number of ether oxygens (including phenoxy) is 1. The summed E-state index contributed by atoms with van der Waals surface area (Å²) in [5.41, 5.74) is 2.67. The van der Waals surface area contributed by atoms with Gasteiger partial charge < -0.3 is 4.74 Å². The number of carbonyl (C=O) groups excluding carboxylic acids is 1. The maximum atomic E-state index is 10.8. The highest BCUT2D eigenvalue weighted by Crippen LogP contribution is 2.07. The minimum Gasteiger partial charge on any atom is -0.371 e. The predicted octanol–water partition coefficient (Wildman–Crippen LogP) is 0.00910. The lowest BCUT2D eigenvalue weighted by atomic mass is 10.3. The second-order valence-electron chi connectivity index (χ2n) is 2.48. The molecule has 0 bridgehead atoms. The fourth-order valence-electron chi connectivity index (χ4n) is 0.452. The van der Waals surface area contributed by atoms with Gasteiger partial charge in [0.25, 0.3) is 5.91 Å². The molecule has 0 aromatic carbocycles. The summed E-state index contributed by atoms with van der Waals surface area (Å²) in [6.07, 6.45) is 0.167. The van der Waals surface area contributed by atoms with E-state index in [0.29, 0.717) is 12.2 Å². The van der Waals surface area contributed by atoms with Crippen LogP contribution in [0.4, 0.5) is 0 Å². The summed E-state index contributed by atoms with van der Waals surface area (Å²) in [4.78, 5) is 15.6. The van der Waals surface area contributed by atoms with Crippen LogP contribution in [-0.2, 0) is 14.4 Å². The van der Waals surface area contributed by atoms with Crippen LogP contribution in [-0.4, -0.2) is 25.2 Å². The van der Waals surface area contributed by atoms with Crippen LogP contribution >= 0.6 is 0 Å². The first kappa shape index (κ1) is 8.23. The van der Waals surface area contributed by atoms with Crippen LogP contribution in [0.2, 0.25) is 0 Å². The largest absolute Gasteiger partial charge is 0.371 e. The van der Waals surface area contributed by atoms with Gasteiger partial charge in [-0.15, -0.1) is 0 Å². The number of rotatable bonds is 4. The first-order valence-corrected chi connectivity index (χ1v) is 3.39. The lowest BCUT2D eigenvalue weighted by Crippen LogP contribution is -2.25. The van der Waals surface area contributed by atoms with Crippen molar-refractivity contribution in [2.75, 3.05) is 13.2 Å². The summed E-state index contributed by atoms with van der Waals surface area (Å²) in [5.74, 6) is -0.286. The molecule has 11 heavy (non-hydrogen) atoms. The highest BCUT2D eigenvalue weighted by atomic mass is 16.7. The fraction of sp³-hybridized carbons (Fsp3) is 0.571. The molecule has 1 heterocycles. The van der Waals surface area contributed by atoms with Crippen molar-refractivity contribution in [1.82, 2.24) is 5.48 Å². The Morgan fingerprint density at radius 2 is 2.55 bits per heavy atom. The van der Waals surface area contributed by atoms with Crippen molar-refractivity contribution in [1.29, 1.82) is 0 Å². The second kappa shape index (κ2) is 3.50. The molecule has 0 spiro atoms. The number of hydrogen-bond donors (Lipinski definition) is 1. The van der Waals surface area contributed by atoms with E-state index in [1.165, 1.54) is 0 Å². The van der Waals surface area contributed by atoms with Crippen molar-refractivity contribution in [3.05, 3.63) is 12.2 Å². The molecule has 1 aliphatic heterocycles. The van der Waals surface area contributed by atoms with Crippen LogP contribution in [0.3, 0.4) is 0 Å². The summed E-state index contributed by atoms with van der Waals surface area (Å²) in [7, 11) is 0. The maximum Gasteiger partial charge on any atom is 0.269 e. The van der Waals surface area contributed by atoms with Crippen molar-refractivity contribution in [3.8, 4) is 0 Å². The van der Waals surface area contributed by atoms with Crippen molar-refractivity contribution in [2.45, 2.75) is 13.0 Å².